The van der Waals surface area contributed by atoms with E-state index >= 15 is 0 Å². The van der Waals surface area contributed by atoms with Crippen molar-refractivity contribution in [3.05, 3.63) is 29.6 Å². The first-order valence-electron chi connectivity index (χ1n) is 6.96. The Morgan fingerprint density at radius 2 is 2.10 bits per heavy atom. The number of amides is 1. The topological polar surface area (TPSA) is 70.5 Å². The molecule has 0 radical (unpaired) electrons. The van der Waals surface area contributed by atoms with Gasteiger partial charge in [0.25, 0.3) is 0 Å². The molecule has 1 heterocycles. The van der Waals surface area contributed by atoms with Crippen molar-refractivity contribution in [2.24, 2.45) is 0 Å². The minimum Gasteiger partial charge on any atom is -0.478 e. The summed E-state index contributed by atoms with van der Waals surface area (Å²) in [5.74, 6) is -0.822. The van der Waals surface area contributed by atoms with E-state index in [9.17, 15) is 9.59 Å². The molecule has 0 aliphatic heterocycles. The summed E-state index contributed by atoms with van der Waals surface area (Å²) >= 11 is 0. The Morgan fingerprint density at radius 3 is 2.75 bits per heavy atom. The van der Waals surface area contributed by atoms with Crippen molar-refractivity contribution in [3.8, 4) is 0 Å². The molecule has 1 aromatic heterocycles. The molecular formula is C15H22N2O3. The third-order valence-corrected chi connectivity index (χ3v) is 3.16. The number of hydrogen-bond acceptors (Lipinski definition) is 3. The summed E-state index contributed by atoms with van der Waals surface area (Å²) in [6.07, 6.45) is 5.36. The molecule has 0 fully saturated rings. The first-order valence-corrected chi connectivity index (χ1v) is 6.96. The fourth-order valence-electron chi connectivity index (χ4n) is 1.88. The number of carboxylic acids is 1. The minimum atomic E-state index is -0.955. The van der Waals surface area contributed by atoms with Crippen molar-refractivity contribution in [1.29, 1.82) is 0 Å². The maximum Gasteiger partial charge on any atom is 0.335 e. The molecule has 5 nitrogen and oxygen atoms in total. The van der Waals surface area contributed by atoms with Gasteiger partial charge < -0.3 is 10.0 Å². The van der Waals surface area contributed by atoms with Crippen LogP contribution in [0.3, 0.4) is 0 Å². The van der Waals surface area contributed by atoms with E-state index in [0.717, 1.165) is 19.4 Å². The van der Waals surface area contributed by atoms with E-state index in [-0.39, 0.29) is 11.5 Å². The summed E-state index contributed by atoms with van der Waals surface area (Å²) < 4.78 is 0. The van der Waals surface area contributed by atoms with Crippen LogP contribution in [0.1, 0.15) is 48.7 Å². The van der Waals surface area contributed by atoms with E-state index < -0.39 is 5.97 Å². The van der Waals surface area contributed by atoms with Gasteiger partial charge in [0.15, 0.2) is 0 Å². The zero-order valence-electron chi connectivity index (χ0n) is 12.1. The van der Waals surface area contributed by atoms with Crippen LogP contribution in [-0.4, -0.2) is 40.5 Å². The van der Waals surface area contributed by atoms with Crippen LogP contribution in [0.5, 0.6) is 0 Å². The van der Waals surface area contributed by atoms with Crippen molar-refractivity contribution in [2.45, 2.75) is 39.0 Å². The summed E-state index contributed by atoms with van der Waals surface area (Å²) in [4.78, 5) is 28.5. The van der Waals surface area contributed by atoms with Crippen LogP contribution in [0.25, 0.3) is 0 Å². The number of carboxylic acid groups (broad SMARTS) is 1. The number of aromatic carboxylic acids is 1. The number of unbranched alkanes of at least 4 members (excludes halogenated alkanes) is 1. The van der Waals surface area contributed by atoms with Crippen LogP contribution in [0.15, 0.2) is 18.3 Å². The van der Waals surface area contributed by atoms with Gasteiger partial charge in [-0.1, -0.05) is 13.3 Å². The van der Waals surface area contributed by atoms with Gasteiger partial charge in [-0.05, 0) is 31.4 Å². The Balaban J connectivity index is 2.38. The van der Waals surface area contributed by atoms with Gasteiger partial charge in [0.2, 0.25) is 5.91 Å². The van der Waals surface area contributed by atoms with Gasteiger partial charge in [-0.15, -0.1) is 0 Å². The second-order valence-corrected chi connectivity index (χ2v) is 4.86. The molecule has 0 aliphatic carbocycles. The molecule has 0 atom stereocenters. The highest BCUT2D eigenvalue weighted by atomic mass is 16.4. The van der Waals surface area contributed by atoms with E-state index in [1.807, 2.05) is 7.05 Å². The number of aromatic nitrogens is 1. The van der Waals surface area contributed by atoms with Gasteiger partial charge >= 0.3 is 5.97 Å². The molecular weight excluding hydrogens is 256 g/mol. The molecule has 1 rings (SSSR count). The number of rotatable bonds is 8. The van der Waals surface area contributed by atoms with Crippen molar-refractivity contribution in [3.63, 3.8) is 0 Å². The Kier molecular flexibility index (Phi) is 6.70. The van der Waals surface area contributed by atoms with Crippen LogP contribution in [-0.2, 0) is 11.2 Å². The SMILES string of the molecule is CCCCN(C)C(=O)CCCc1cc(C(=O)O)ccn1. The van der Waals surface area contributed by atoms with Gasteiger partial charge in [0.05, 0.1) is 5.56 Å². The summed E-state index contributed by atoms with van der Waals surface area (Å²) in [5.41, 5.74) is 0.954. The molecule has 0 unspecified atom stereocenters. The first-order chi connectivity index (χ1) is 9.54. The molecule has 0 spiro atoms. The summed E-state index contributed by atoms with van der Waals surface area (Å²) in [6, 6.07) is 3.03. The normalized spacial score (nSPS) is 10.3. The highest BCUT2D eigenvalue weighted by Crippen LogP contribution is 2.07. The Morgan fingerprint density at radius 1 is 1.35 bits per heavy atom. The smallest absolute Gasteiger partial charge is 0.335 e. The van der Waals surface area contributed by atoms with Crippen molar-refractivity contribution < 1.29 is 14.7 Å². The third kappa shape index (κ3) is 5.38. The van der Waals surface area contributed by atoms with E-state index in [2.05, 4.69) is 11.9 Å². The van der Waals surface area contributed by atoms with Gasteiger partial charge in [-0.3, -0.25) is 9.78 Å². The number of aryl methyl sites for hydroxylation is 1. The second-order valence-electron chi connectivity index (χ2n) is 4.86. The minimum absolute atomic E-state index is 0.132. The summed E-state index contributed by atoms with van der Waals surface area (Å²) in [6.45, 7) is 2.89. The molecule has 5 heteroatoms. The van der Waals surface area contributed by atoms with Gasteiger partial charge in [0.1, 0.15) is 0 Å². The summed E-state index contributed by atoms with van der Waals surface area (Å²) in [5, 5.41) is 8.89. The van der Waals surface area contributed by atoms with Crippen molar-refractivity contribution in [1.82, 2.24) is 9.88 Å². The molecule has 0 aromatic carbocycles. The number of nitrogens with zero attached hydrogens (tertiary/aromatic N) is 2. The number of carbonyl (C=O) groups excluding carboxylic acids is 1. The lowest BCUT2D eigenvalue weighted by Crippen LogP contribution is -2.27. The second kappa shape index (κ2) is 8.30. The van der Waals surface area contributed by atoms with Crippen molar-refractivity contribution in [2.75, 3.05) is 13.6 Å². The Labute approximate surface area is 119 Å². The van der Waals surface area contributed by atoms with Gasteiger partial charge in [0, 0.05) is 31.9 Å². The average Bonchev–Trinajstić information content (AvgIpc) is 2.44. The zero-order valence-corrected chi connectivity index (χ0v) is 12.1. The molecule has 0 aliphatic rings. The number of hydrogen-bond donors (Lipinski definition) is 1. The van der Waals surface area contributed by atoms with Crippen LogP contribution in [0.4, 0.5) is 0 Å². The van der Waals surface area contributed by atoms with Gasteiger partial charge in [-0.25, -0.2) is 4.79 Å². The largest absolute Gasteiger partial charge is 0.478 e. The molecule has 0 saturated heterocycles. The Hall–Kier alpha value is -1.91. The first kappa shape index (κ1) is 16.1. The lowest BCUT2D eigenvalue weighted by atomic mass is 10.1. The molecule has 1 N–H and O–H groups in total. The van der Waals surface area contributed by atoms with E-state index in [4.69, 9.17) is 5.11 Å². The lowest BCUT2D eigenvalue weighted by molar-refractivity contribution is -0.130. The molecule has 0 saturated carbocycles. The maximum absolute atomic E-state index is 11.8. The predicted molar refractivity (Wildman–Crippen MR) is 76.7 cm³/mol. The predicted octanol–water partition coefficient (Wildman–Crippen LogP) is 2.36. The highest BCUT2D eigenvalue weighted by molar-refractivity contribution is 5.87. The van der Waals surface area contributed by atoms with E-state index in [1.165, 1.54) is 12.3 Å². The maximum atomic E-state index is 11.8. The zero-order chi connectivity index (χ0) is 15.0. The van der Waals surface area contributed by atoms with E-state index in [1.54, 1.807) is 11.0 Å². The summed E-state index contributed by atoms with van der Waals surface area (Å²) in [7, 11) is 1.82. The fourth-order valence-corrected chi connectivity index (χ4v) is 1.88. The number of carbonyl (C=O) groups is 2. The third-order valence-electron chi connectivity index (χ3n) is 3.16. The van der Waals surface area contributed by atoms with Gasteiger partial charge in [-0.2, -0.15) is 0 Å². The van der Waals surface area contributed by atoms with Crippen LogP contribution >= 0.6 is 0 Å². The van der Waals surface area contributed by atoms with Crippen LogP contribution in [0.2, 0.25) is 0 Å². The monoisotopic (exact) mass is 278 g/mol. The van der Waals surface area contributed by atoms with E-state index in [0.29, 0.717) is 25.0 Å². The quantitative estimate of drug-likeness (QED) is 0.792. The molecule has 110 valence electrons. The standard InChI is InChI=1S/C15H22N2O3/c1-3-4-10-17(2)14(18)7-5-6-13-11-12(15(19)20)8-9-16-13/h8-9,11H,3-7,10H2,1-2H3,(H,19,20). The van der Waals surface area contributed by atoms with Crippen LogP contribution in [0, 0.1) is 0 Å². The highest BCUT2D eigenvalue weighted by Gasteiger charge is 2.09. The molecule has 0 bridgehead atoms. The molecule has 1 amide bonds. The fraction of sp³-hybridized carbons (Fsp3) is 0.533. The molecule has 20 heavy (non-hydrogen) atoms. The number of pyridine rings is 1. The van der Waals surface area contributed by atoms with Crippen molar-refractivity contribution >= 4 is 11.9 Å². The lowest BCUT2D eigenvalue weighted by Gasteiger charge is -2.16. The van der Waals surface area contributed by atoms with Crippen LogP contribution < -0.4 is 0 Å². The molecule has 1 aromatic rings. The Bertz CT molecular complexity index is 460. The average molecular weight is 278 g/mol.